The monoisotopic (exact) mass is 451 g/mol. The zero-order valence-electron chi connectivity index (χ0n) is 14.5. The van der Waals surface area contributed by atoms with E-state index in [2.05, 4.69) is 39.9 Å². The number of benzene rings is 2. The van der Waals surface area contributed by atoms with E-state index in [9.17, 15) is 5.11 Å². The average Bonchev–Trinajstić information content (AvgIpc) is 2.62. The first-order valence-corrected chi connectivity index (χ1v) is 8.50. The van der Waals surface area contributed by atoms with Gasteiger partial charge in [0, 0.05) is 32.0 Å². The van der Waals surface area contributed by atoms with Crippen LogP contribution in [0.4, 0.5) is 0 Å². The van der Waals surface area contributed by atoms with Gasteiger partial charge in [-0.15, -0.1) is 24.0 Å². The Morgan fingerprint density at radius 2 is 1.84 bits per heavy atom. The summed E-state index contributed by atoms with van der Waals surface area (Å²) in [5.74, 6) is 1.41. The molecule has 1 aliphatic rings. The molecule has 2 aromatic carbocycles. The third kappa shape index (κ3) is 4.95. The molecule has 4 nitrogen and oxygen atoms in total. The lowest BCUT2D eigenvalue weighted by Crippen LogP contribution is -2.42. The lowest BCUT2D eigenvalue weighted by molar-refractivity contribution is 0.265. The van der Waals surface area contributed by atoms with E-state index in [-0.39, 0.29) is 36.5 Å². The van der Waals surface area contributed by atoms with Crippen LogP contribution in [0.2, 0.25) is 0 Å². The van der Waals surface area contributed by atoms with Gasteiger partial charge in [0.15, 0.2) is 5.96 Å². The van der Waals surface area contributed by atoms with Gasteiger partial charge in [-0.3, -0.25) is 4.99 Å². The first-order chi connectivity index (χ1) is 11.8. The molecule has 0 amide bonds. The fourth-order valence-corrected chi connectivity index (χ4v) is 3.22. The summed E-state index contributed by atoms with van der Waals surface area (Å²) < 4.78 is 0. The number of rotatable bonds is 6. The molecule has 2 aromatic rings. The Balaban J connectivity index is 0.00000225. The number of hydrogen-bond donors (Lipinski definition) is 3. The summed E-state index contributed by atoms with van der Waals surface area (Å²) in [6.07, 6.45) is 1.13. The zero-order valence-corrected chi connectivity index (χ0v) is 16.8. The van der Waals surface area contributed by atoms with Crippen molar-refractivity contribution in [1.29, 1.82) is 0 Å². The summed E-state index contributed by atoms with van der Waals surface area (Å²) in [6.45, 7) is 1.65. The van der Waals surface area contributed by atoms with E-state index in [1.54, 1.807) is 7.05 Å². The Morgan fingerprint density at radius 3 is 2.52 bits per heavy atom. The molecule has 0 heterocycles. The van der Waals surface area contributed by atoms with Gasteiger partial charge in [0.05, 0.1) is 6.61 Å². The highest BCUT2D eigenvalue weighted by Gasteiger charge is 2.25. The number of halogens is 1. The van der Waals surface area contributed by atoms with Crippen LogP contribution in [0.25, 0.3) is 0 Å². The van der Waals surface area contributed by atoms with Gasteiger partial charge in [-0.25, -0.2) is 0 Å². The normalized spacial score (nSPS) is 16.9. The summed E-state index contributed by atoms with van der Waals surface area (Å²) in [7, 11) is 1.78. The third-order valence-electron chi connectivity index (χ3n) is 4.71. The van der Waals surface area contributed by atoms with Gasteiger partial charge in [-0.1, -0.05) is 54.6 Å². The minimum absolute atomic E-state index is 0. The quantitative estimate of drug-likeness (QED) is 0.360. The minimum Gasteiger partial charge on any atom is -0.396 e. The standard InChI is InChI=1S/C20H25N3O.HI/c1-21-20(22-12-17-11-16-9-5-6-10-19(16)17)23-13-18(14-24)15-7-3-2-4-8-15;/h2-10,17-18,24H,11-14H2,1H3,(H2,21,22,23);1H. The second kappa shape index (κ2) is 9.77. The van der Waals surface area contributed by atoms with Crippen LogP contribution < -0.4 is 10.6 Å². The van der Waals surface area contributed by atoms with Crippen LogP contribution in [0, 0.1) is 0 Å². The molecule has 5 heteroatoms. The molecule has 3 N–H and O–H groups in total. The van der Waals surface area contributed by atoms with Crippen molar-refractivity contribution in [3.8, 4) is 0 Å². The average molecular weight is 451 g/mol. The minimum atomic E-state index is 0. The van der Waals surface area contributed by atoms with Crippen molar-refractivity contribution in [1.82, 2.24) is 10.6 Å². The highest BCUT2D eigenvalue weighted by Crippen LogP contribution is 2.33. The van der Waals surface area contributed by atoms with Crippen molar-refractivity contribution in [3.05, 3.63) is 71.3 Å². The number of aliphatic imine (C=N–C) groups is 1. The van der Waals surface area contributed by atoms with Crippen LogP contribution in [0.1, 0.15) is 28.5 Å². The van der Waals surface area contributed by atoms with E-state index in [0.29, 0.717) is 12.5 Å². The van der Waals surface area contributed by atoms with Crippen LogP contribution in [0.3, 0.4) is 0 Å². The molecule has 2 unspecified atom stereocenters. The zero-order chi connectivity index (χ0) is 16.8. The van der Waals surface area contributed by atoms with Crippen LogP contribution in [0.15, 0.2) is 59.6 Å². The van der Waals surface area contributed by atoms with E-state index in [1.807, 2.05) is 30.3 Å². The number of hydrogen-bond acceptors (Lipinski definition) is 2. The molecule has 3 rings (SSSR count). The Bertz CT molecular complexity index is 690. The second-order valence-electron chi connectivity index (χ2n) is 6.22. The molecule has 0 aromatic heterocycles. The summed E-state index contributed by atoms with van der Waals surface area (Å²) in [5.41, 5.74) is 4.03. The maximum atomic E-state index is 9.64. The molecule has 0 fully saturated rings. The molecular weight excluding hydrogens is 425 g/mol. The highest BCUT2D eigenvalue weighted by molar-refractivity contribution is 14.0. The largest absolute Gasteiger partial charge is 0.396 e. The van der Waals surface area contributed by atoms with E-state index in [1.165, 1.54) is 11.1 Å². The Kier molecular flexibility index (Phi) is 7.71. The van der Waals surface area contributed by atoms with Crippen molar-refractivity contribution < 1.29 is 5.11 Å². The van der Waals surface area contributed by atoms with Gasteiger partial charge in [0.2, 0.25) is 0 Å². The maximum Gasteiger partial charge on any atom is 0.191 e. The lowest BCUT2D eigenvalue weighted by atomic mass is 9.78. The summed E-state index contributed by atoms with van der Waals surface area (Å²) in [5, 5.41) is 16.4. The molecule has 25 heavy (non-hydrogen) atoms. The number of nitrogens with one attached hydrogen (secondary N) is 2. The number of aliphatic hydroxyl groups excluding tert-OH is 1. The van der Waals surface area contributed by atoms with Crippen LogP contribution >= 0.6 is 24.0 Å². The van der Waals surface area contributed by atoms with Gasteiger partial charge in [-0.2, -0.15) is 0 Å². The Labute approximate surface area is 166 Å². The molecule has 0 aliphatic heterocycles. The molecule has 0 radical (unpaired) electrons. The third-order valence-corrected chi connectivity index (χ3v) is 4.71. The number of fused-ring (bicyclic) bond motifs is 1. The predicted octanol–water partition coefficient (Wildman–Crippen LogP) is 2.89. The first kappa shape index (κ1) is 19.7. The van der Waals surface area contributed by atoms with Gasteiger partial charge < -0.3 is 15.7 Å². The number of guanidine groups is 1. The molecule has 0 bridgehead atoms. The second-order valence-corrected chi connectivity index (χ2v) is 6.22. The molecular formula is C20H26IN3O. The summed E-state index contributed by atoms with van der Waals surface area (Å²) in [6, 6.07) is 18.7. The van der Waals surface area contributed by atoms with Gasteiger partial charge >= 0.3 is 0 Å². The highest BCUT2D eigenvalue weighted by atomic mass is 127. The SMILES string of the molecule is CN=C(NCC(CO)c1ccccc1)NCC1Cc2ccccc21.I. The van der Waals surface area contributed by atoms with Crippen molar-refractivity contribution in [2.45, 2.75) is 18.3 Å². The van der Waals surface area contributed by atoms with E-state index >= 15 is 0 Å². The summed E-state index contributed by atoms with van der Waals surface area (Å²) >= 11 is 0. The van der Waals surface area contributed by atoms with Crippen LogP contribution in [0.5, 0.6) is 0 Å². The van der Waals surface area contributed by atoms with Crippen LogP contribution in [-0.4, -0.2) is 37.8 Å². The van der Waals surface area contributed by atoms with Gasteiger partial charge in [0.25, 0.3) is 0 Å². The smallest absolute Gasteiger partial charge is 0.191 e. The first-order valence-electron chi connectivity index (χ1n) is 8.50. The Morgan fingerprint density at radius 1 is 1.12 bits per heavy atom. The Hall–Kier alpha value is -1.60. The molecule has 134 valence electrons. The molecule has 0 saturated heterocycles. The van der Waals surface area contributed by atoms with Crippen molar-refractivity contribution in [3.63, 3.8) is 0 Å². The molecule has 0 spiro atoms. The van der Waals surface area contributed by atoms with Crippen molar-refractivity contribution in [2.24, 2.45) is 4.99 Å². The fourth-order valence-electron chi connectivity index (χ4n) is 3.22. The van der Waals surface area contributed by atoms with E-state index in [4.69, 9.17) is 0 Å². The molecule has 1 aliphatic carbocycles. The van der Waals surface area contributed by atoms with Crippen molar-refractivity contribution in [2.75, 3.05) is 26.7 Å². The van der Waals surface area contributed by atoms with Crippen LogP contribution in [-0.2, 0) is 6.42 Å². The summed E-state index contributed by atoms with van der Waals surface area (Å²) in [4.78, 5) is 4.29. The van der Waals surface area contributed by atoms with E-state index in [0.717, 1.165) is 24.5 Å². The van der Waals surface area contributed by atoms with Gasteiger partial charge in [-0.05, 0) is 23.1 Å². The number of nitrogens with zero attached hydrogens (tertiary/aromatic N) is 1. The van der Waals surface area contributed by atoms with Gasteiger partial charge in [0.1, 0.15) is 0 Å². The van der Waals surface area contributed by atoms with E-state index < -0.39 is 0 Å². The topological polar surface area (TPSA) is 56.7 Å². The molecule has 2 atom stereocenters. The lowest BCUT2D eigenvalue weighted by Gasteiger charge is -2.30. The predicted molar refractivity (Wildman–Crippen MR) is 114 cm³/mol. The number of aliphatic hydroxyl groups is 1. The maximum absolute atomic E-state index is 9.64. The fraction of sp³-hybridized carbons (Fsp3) is 0.350. The molecule has 0 saturated carbocycles. The van der Waals surface area contributed by atoms with Crippen molar-refractivity contribution >= 4 is 29.9 Å².